The van der Waals surface area contributed by atoms with Gasteiger partial charge in [-0.2, -0.15) is 0 Å². The Morgan fingerprint density at radius 3 is 2.67 bits per heavy atom. The van der Waals surface area contributed by atoms with Gasteiger partial charge >= 0.3 is 5.97 Å². The first-order valence-corrected chi connectivity index (χ1v) is 8.13. The number of ether oxygens (including phenoxy) is 3. The second-order valence-corrected chi connectivity index (χ2v) is 6.50. The third-order valence-electron chi connectivity index (χ3n) is 4.16. The average Bonchev–Trinajstić information content (AvgIpc) is 2.58. The van der Waals surface area contributed by atoms with E-state index in [0.717, 1.165) is 0 Å². The molecule has 0 bridgehead atoms. The minimum atomic E-state index is -1.87. The number of carbonyl (C=O) groups is 1. The van der Waals surface area contributed by atoms with Crippen LogP contribution in [0.15, 0.2) is 0 Å². The van der Waals surface area contributed by atoms with Crippen LogP contribution in [0.2, 0.25) is 0 Å². The molecule has 1 aliphatic rings. The number of hydrogen-bond acceptors (Lipinski definition) is 8. The Morgan fingerprint density at radius 1 is 1.50 bits per heavy atom. The van der Waals surface area contributed by atoms with E-state index < -0.39 is 49.1 Å². The van der Waals surface area contributed by atoms with Crippen molar-refractivity contribution in [1.29, 1.82) is 0 Å². The van der Waals surface area contributed by atoms with E-state index >= 15 is 0 Å². The van der Waals surface area contributed by atoms with Crippen molar-refractivity contribution in [2.45, 2.75) is 69.8 Å². The van der Waals surface area contributed by atoms with Gasteiger partial charge in [-0.15, -0.1) is 0 Å². The maximum atomic E-state index is 12.3. The van der Waals surface area contributed by atoms with E-state index in [-0.39, 0.29) is 13.0 Å². The van der Waals surface area contributed by atoms with Crippen molar-refractivity contribution in [2.75, 3.05) is 20.8 Å². The fourth-order valence-electron chi connectivity index (χ4n) is 2.72. The molecule has 0 aromatic heterocycles. The van der Waals surface area contributed by atoms with Gasteiger partial charge in [0.05, 0.1) is 32.0 Å². The molecule has 1 heterocycles. The summed E-state index contributed by atoms with van der Waals surface area (Å²) in [6.07, 6.45) is -4.64. The minimum absolute atomic E-state index is 0.177. The molecule has 0 radical (unpaired) electrons. The summed E-state index contributed by atoms with van der Waals surface area (Å²) in [5.41, 5.74) is 0. The number of esters is 1. The zero-order chi connectivity index (χ0) is 19.2. The second-order valence-electron chi connectivity index (χ2n) is 6.50. The lowest BCUT2D eigenvalue weighted by molar-refractivity contribution is -0.312. The predicted molar refractivity (Wildman–Crippen MR) is 86.2 cm³/mol. The normalized spacial score (nSPS) is 33.8. The standard InChI is InChI=1S/C16H31NO7/c1-9(2)6-7-23-16(15(21)22-5)8-11(19)12(17-4)14(24-16)13(20)10(3)18/h9-14,17-20H,6-8H2,1-5H3/i3D. The van der Waals surface area contributed by atoms with Gasteiger partial charge in [-0.1, -0.05) is 13.8 Å². The number of carbonyl (C=O) groups excluding carboxylic acids is 1. The van der Waals surface area contributed by atoms with Crippen LogP contribution in [0.1, 0.15) is 35.0 Å². The number of rotatable bonds is 8. The van der Waals surface area contributed by atoms with Crippen molar-refractivity contribution >= 4 is 5.97 Å². The molecule has 0 aromatic rings. The van der Waals surface area contributed by atoms with Crippen LogP contribution >= 0.6 is 0 Å². The monoisotopic (exact) mass is 350 g/mol. The molecular weight excluding hydrogens is 318 g/mol. The lowest BCUT2D eigenvalue weighted by Crippen LogP contribution is -2.66. The van der Waals surface area contributed by atoms with Crippen molar-refractivity contribution in [2.24, 2.45) is 5.92 Å². The first-order valence-electron chi connectivity index (χ1n) is 8.84. The van der Waals surface area contributed by atoms with Crippen LogP contribution in [-0.4, -0.2) is 78.3 Å². The molecule has 0 amide bonds. The highest BCUT2D eigenvalue weighted by Crippen LogP contribution is 2.34. The van der Waals surface area contributed by atoms with Gasteiger partial charge in [-0.05, 0) is 26.3 Å². The van der Waals surface area contributed by atoms with Crippen LogP contribution in [-0.2, 0) is 19.0 Å². The van der Waals surface area contributed by atoms with Gasteiger partial charge in [-0.3, -0.25) is 0 Å². The van der Waals surface area contributed by atoms with Crippen molar-refractivity contribution < 1.29 is 35.7 Å². The molecule has 1 saturated heterocycles. The van der Waals surface area contributed by atoms with E-state index in [4.69, 9.17) is 15.6 Å². The summed E-state index contributed by atoms with van der Waals surface area (Å²) in [6.45, 7) is 3.75. The van der Waals surface area contributed by atoms with E-state index in [1.165, 1.54) is 7.11 Å². The Bertz CT molecular complexity index is 425. The highest BCUT2D eigenvalue weighted by Gasteiger charge is 2.55. The Kier molecular flexibility index (Phi) is 7.39. The van der Waals surface area contributed by atoms with Gasteiger partial charge in [0.1, 0.15) is 12.2 Å². The first kappa shape index (κ1) is 19.6. The highest BCUT2D eigenvalue weighted by atomic mass is 16.7. The largest absolute Gasteiger partial charge is 0.465 e. The van der Waals surface area contributed by atoms with Gasteiger partial charge in [0.2, 0.25) is 0 Å². The van der Waals surface area contributed by atoms with E-state index in [0.29, 0.717) is 12.3 Å². The third-order valence-corrected chi connectivity index (χ3v) is 4.16. The highest BCUT2D eigenvalue weighted by molar-refractivity contribution is 5.78. The lowest BCUT2D eigenvalue weighted by Gasteiger charge is -2.46. The van der Waals surface area contributed by atoms with Gasteiger partial charge in [0, 0.05) is 7.79 Å². The fraction of sp³-hybridized carbons (Fsp3) is 0.938. The van der Waals surface area contributed by atoms with Crippen molar-refractivity contribution in [3.05, 3.63) is 0 Å². The third kappa shape index (κ3) is 4.87. The molecule has 8 heteroatoms. The number of aliphatic hydroxyl groups is 3. The van der Waals surface area contributed by atoms with Crippen molar-refractivity contribution in [3.63, 3.8) is 0 Å². The van der Waals surface area contributed by atoms with Crippen molar-refractivity contribution in [1.82, 2.24) is 5.32 Å². The SMILES string of the molecule is [2H]CC(O)C(O)C1OC(OCCC(C)C)(C(=O)OC)CC(O)C1NC. The molecule has 0 aromatic carbocycles. The molecule has 24 heavy (non-hydrogen) atoms. The van der Waals surface area contributed by atoms with Crippen molar-refractivity contribution in [3.8, 4) is 0 Å². The van der Waals surface area contributed by atoms with Crippen LogP contribution in [0.5, 0.6) is 0 Å². The molecule has 1 fully saturated rings. The molecule has 142 valence electrons. The number of aliphatic hydroxyl groups excluding tert-OH is 3. The molecule has 6 atom stereocenters. The maximum absolute atomic E-state index is 12.3. The molecule has 0 saturated carbocycles. The molecule has 1 aliphatic heterocycles. The summed E-state index contributed by atoms with van der Waals surface area (Å²) in [5, 5.41) is 33.4. The van der Waals surface area contributed by atoms with Gasteiger partial charge in [0.15, 0.2) is 0 Å². The van der Waals surface area contributed by atoms with E-state index in [9.17, 15) is 20.1 Å². The number of methoxy groups -OCH3 is 1. The van der Waals surface area contributed by atoms with Crippen LogP contribution in [0, 0.1) is 5.92 Å². The second kappa shape index (κ2) is 9.07. The summed E-state index contributed by atoms with van der Waals surface area (Å²) in [5.74, 6) is -2.36. The zero-order valence-electron chi connectivity index (χ0n) is 15.8. The number of likely N-dealkylation sites (N-methyl/N-ethyl adjacent to an activating group) is 1. The van der Waals surface area contributed by atoms with Gasteiger partial charge in [-0.25, -0.2) is 4.79 Å². The lowest BCUT2D eigenvalue weighted by atomic mass is 9.89. The molecule has 8 nitrogen and oxygen atoms in total. The maximum Gasteiger partial charge on any atom is 0.366 e. The van der Waals surface area contributed by atoms with E-state index in [1.54, 1.807) is 7.05 Å². The Balaban J connectivity index is 3.09. The van der Waals surface area contributed by atoms with Gasteiger partial charge < -0.3 is 34.8 Å². The fourth-order valence-corrected chi connectivity index (χ4v) is 2.72. The van der Waals surface area contributed by atoms with Crippen LogP contribution in [0.3, 0.4) is 0 Å². The summed E-state index contributed by atoms with van der Waals surface area (Å²) in [4.78, 5) is 12.3. The summed E-state index contributed by atoms with van der Waals surface area (Å²) < 4.78 is 23.4. The summed E-state index contributed by atoms with van der Waals surface area (Å²) >= 11 is 0. The van der Waals surface area contributed by atoms with E-state index in [2.05, 4.69) is 5.32 Å². The molecule has 0 aliphatic carbocycles. The Hall–Kier alpha value is -0.770. The van der Waals surface area contributed by atoms with Crippen LogP contribution in [0.4, 0.5) is 0 Å². The molecule has 4 N–H and O–H groups in total. The molecule has 1 rings (SSSR count). The number of hydrogen-bond donors (Lipinski definition) is 4. The quantitative estimate of drug-likeness (QED) is 0.429. The summed E-state index contributed by atoms with van der Waals surface area (Å²) in [6, 6.07) is -0.748. The number of nitrogens with one attached hydrogen (secondary N) is 1. The molecule has 0 spiro atoms. The van der Waals surface area contributed by atoms with E-state index in [1.807, 2.05) is 13.8 Å². The van der Waals surface area contributed by atoms with Crippen LogP contribution < -0.4 is 5.32 Å². The topological polar surface area (TPSA) is 117 Å². The molecular formula is C16H31NO7. The summed E-state index contributed by atoms with van der Waals surface area (Å²) in [7, 11) is 2.74. The predicted octanol–water partition coefficient (Wildman–Crippen LogP) is -0.602. The molecule has 6 unspecified atom stereocenters. The van der Waals surface area contributed by atoms with Crippen LogP contribution in [0.25, 0.3) is 0 Å². The smallest absolute Gasteiger partial charge is 0.366 e. The average molecular weight is 350 g/mol. The first-order chi connectivity index (χ1) is 11.7. The minimum Gasteiger partial charge on any atom is -0.465 e. The van der Waals surface area contributed by atoms with Gasteiger partial charge in [0.25, 0.3) is 5.79 Å². The Labute approximate surface area is 144 Å². The Morgan fingerprint density at radius 2 is 2.17 bits per heavy atom. The zero-order valence-corrected chi connectivity index (χ0v) is 14.8.